The zero-order valence-corrected chi connectivity index (χ0v) is 10.0. The Morgan fingerprint density at radius 3 is 2.88 bits per heavy atom. The van der Waals surface area contributed by atoms with E-state index in [1.807, 2.05) is 0 Å². The summed E-state index contributed by atoms with van der Waals surface area (Å²) < 4.78 is 4.69. The van der Waals surface area contributed by atoms with E-state index < -0.39 is 5.97 Å². The van der Waals surface area contributed by atoms with Crippen LogP contribution in [-0.2, 0) is 14.3 Å². The van der Waals surface area contributed by atoms with Gasteiger partial charge in [-0.3, -0.25) is 14.9 Å². The van der Waals surface area contributed by atoms with Gasteiger partial charge in [-0.25, -0.2) is 9.97 Å². The summed E-state index contributed by atoms with van der Waals surface area (Å²) in [5.41, 5.74) is 0. The lowest BCUT2D eigenvalue weighted by Crippen LogP contribution is -2.16. The molecule has 7 heteroatoms. The van der Waals surface area contributed by atoms with Crippen LogP contribution in [0.5, 0.6) is 0 Å². The van der Waals surface area contributed by atoms with Gasteiger partial charge in [0, 0.05) is 12.6 Å². The van der Waals surface area contributed by atoms with Crippen LogP contribution in [0, 0.1) is 0 Å². The van der Waals surface area contributed by atoms with Crippen molar-refractivity contribution in [2.45, 2.75) is 19.8 Å². The van der Waals surface area contributed by atoms with E-state index in [0.29, 0.717) is 6.61 Å². The first kappa shape index (κ1) is 13.4. The van der Waals surface area contributed by atoms with Crippen LogP contribution in [0.3, 0.4) is 0 Å². The van der Waals surface area contributed by atoms with E-state index in [0.717, 1.165) is 0 Å². The molecule has 0 saturated heterocycles. The highest BCUT2D eigenvalue weighted by Gasteiger charge is 2.08. The maximum atomic E-state index is 11.4. The SMILES string of the molecule is CCOC(=O)CCC(=O)Nc1nccc(Cl)n1. The number of ether oxygens (including phenoxy) is 1. The fourth-order valence-corrected chi connectivity index (χ4v) is 1.17. The fraction of sp³-hybridized carbons (Fsp3) is 0.400. The average Bonchev–Trinajstić information content (AvgIpc) is 2.27. The maximum absolute atomic E-state index is 11.4. The quantitative estimate of drug-likeness (QED) is 0.637. The molecule has 0 aromatic carbocycles. The predicted molar refractivity (Wildman–Crippen MR) is 61.5 cm³/mol. The smallest absolute Gasteiger partial charge is 0.306 e. The van der Waals surface area contributed by atoms with Gasteiger partial charge in [0.15, 0.2) is 0 Å². The summed E-state index contributed by atoms with van der Waals surface area (Å²) in [6.45, 7) is 2.01. The normalized spacial score (nSPS) is 9.76. The number of esters is 1. The monoisotopic (exact) mass is 257 g/mol. The van der Waals surface area contributed by atoms with Gasteiger partial charge in [-0.1, -0.05) is 11.6 Å². The Kier molecular flexibility index (Phi) is 5.35. The number of halogens is 1. The van der Waals surface area contributed by atoms with Gasteiger partial charge in [-0.15, -0.1) is 0 Å². The first-order valence-electron chi connectivity index (χ1n) is 5.06. The highest BCUT2D eigenvalue weighted by atomic mass is 35.5. The molecule has 6 nitrogen and oxygen atoms in total. The number of nitrogens with one attached hydrogen (secondary N) is 1. The van der Waals surface area contributed by atoms with Gasteiger partial charge < -0.3 is 4.74 Å². The van der Waals surface area contributed by atoms with Gasteiger partial charge in [0.1, 0.15) is 5.15 Å². The van der Waals surface area contributed by atoms with E-state index in [-0.39, 0.29) is 29.9 Å². The molecule has 1 amide bonds. The Morgan fingerprint density at radius 1 is 1.47 bits per heavy atom. The number of hydrogen-bond acceptors (Lipinski definition) is 5. The number of nitrogens with zero attached hydrogens (tertiary/aromatic N) is 2. The van der Waals surface area contributed by atoms with Crippen LogP contribution in [-0.4, -0.2) is 28.5 Å². The molecule has 17 heavy (non-hydrogen) atoms. The molecule has 1 N–H and O–H groups in total. The summed E-state index contributed by atoms with van der Waals surface area (Å²) in [6.07, 6.45) is 1.48. The van der Waals surface area contributed by atoms with Crippen molar-refractivity contribution in [1.82, 2.24) is 9.97 Å². The summed E-state index contributed by atoms with van der Waals surface area (Å²) in [5, 5.41) is 2.66. The maximum Gasteiger partial charge on any atom is 0.306 e. The lowest BCUT2D eigenvalue weighted by Gasteiger charge is -2.03. The Bertz CT molecular complexity index is 412. The largest absolute Gasteiger partial charge is 0.466 e. The Balaban J connectivity index is 2.37. The van der Waals surface area contributed by atoms with E-state index in [1.54, 1.807) is 6.92 Å². The molecule has 0 aliphatic carbocycles. The molecule has 92 valence electrons. The van der Waals surface area contributed by atoms with Crippen molar-refractivity contribution in [3.05, 3.63) is 17.4 Å². The van der Waals surface area contributed by atoms with Crippen LogP contribution in [0.2, 0.25) is 5.15 Å². The van der Waals surface area contributed by atoms with Crippen LogP contribution in [0.1, 0.15) is 19.8 Å². The Morgan fingerprint density at radius 2 is 2.24 bits per heavy atom. The third-order valence-electron chi connectivity index (χ3n) is 1.73. The lowest BCUT2D eigenvalue weighted by molar-refractivity contribution is -0.144. The second-order valence-electron chi connectivity index (χ2n) is 3.06. The van der Waals surface area contributed by atoms with Gasteiger partial charge in [0.05, 0.1) is 13.0 Å². The number of anilines is 1. The van der Waals surface area contributed by atoms with E-state index in [4.69, 9.17) is 16.3 Å². The predicted octanol–water partition coefficient (Wildman–Crippen LogP) is 1.41. The van der Waals surface area contributed by atoms with Crippen molar-refractivity contribution in [2.24, 2.45) is 0 Å². The third kappa shape index (κ3) is 5.26. The summed E-state index contributed by atoms with van der Waals surface area (Å²) in [6, 6.07) is 1.50. The zero-order valence-electron chi connectivity index (χ0n) is 9.27. The third-order valence-corrected chi connectivity index (χ3v) is 1.94. The van der Waals surface area contributed by atoms with Crippen LogP contribution < -0.4 is 5.32 Å². The van der Waals surface area contributed by atoms with Crippen molar-refractivity contribution >= 4 is 29.4 Å². The minimum atomic E-state index is -0.408. The fourth-order valence-electron chi connectivity index (χ4n) is 1.03. The van der Waals surface area contributed by atoms with Gasteiger partial charge in [0.2, 0.25) is 11.9 Å². The average molecular weight is 258 g/mol. The van der Waals surface area contributed by atoms with Crippen molar-refractivity contribution < 1.29 is 14.3 Å². The Hall–Kier alpha value is -1.69. The first-order valence-corrected chi connectivity index (χ1v) is 5.43. The highest BCUT2D eigenvalue weighted by Crippen LogP contribution is 2.06. The molecular weight excluding hydrogens is 246 g/mol. The van der Waals surface area contributed by atoms with E-state index in [1.165, 1.54) is 12.3 Å². The van der Waals surface area contributed by atoms with E-state index in [9.17, 15) is 9.59 Å². The molecule has 0 unspecified atom stereocenters. The van der Waals surface area contributed by atoms with Crippen molar-refractivity contribution in [1.29, 1.82) is 0 Å². The van der Waals surface area contributed by atoms with Crippen molar-refractivity contribution in [3.63, 3.8) is 0 Å². The number of hydrogen-bond donors (Lipinski definition) is 1. The second-order valence-corrected chi connectivity index (χ2v) is 3.44. The number of carbonyl (C=O) groups excluding carboxylic acids is 2. The Labute approximate surface area is 103 Å². The van der Waals surface area contributed by atoms with Gasteiger partial charge in [0.25, 0.3) is 0 Å². The second kappa shape index (κ2) is 6.80. The lowest BCUT2D eigenvalue weighted by atomic mass is 10.3. The highest BCUT2D eigenvalue weighted by molar-refractivity contribution is 6.29. The molecule has 1 aromatic rings. The summed E-state index contributed by atoms with van der Waals surface area (Å²) in [7, 11) is 0. The molecule has 0 atom stereocenters. The molecule has 1 rings (SSSR count). The number of aromatic nitrogens is 2. The molecular formula is C10H12ClN3O3. The van der Waals surface area contributed by atoms with Gasteiger partial charge in [-0.2, -0.15) is 0 Å². The minimum absolute atomic E-state index is 0.0225. The van der Waals surface area contributed by atoms with Gasteiger partial charge >= 0.3 is 5.97 Å². The standard InChI is InChI=1S/C10H12ClN3O3/c1-2-17-9(16)4-3-8(15)14-10-12-6-5-7(11)13-10/h5-6H,2-4H2,1H3,(H,12,13,14,15). The molecule has 0 spiro atoms. The molecule has 0 bridgehead atoms. The minimum Gasteiger partial charge on any atom is -0.466 e. The number of carbonyl (C=O) groups is 2. The number of amides is 1. The molecule has 1 aromatic heterocycles. The van der Waals surface area contributed by atoms with Crippen molar-refractivity contribution in [3.8, 4) is 0 Å². The molecule has 1 heterocycles. The van der Waals surface area contributed by atoms with Crippen LogP contribution in [0.25, 0.3) is 0 Å². The first-order chi connectivity index (χ1) is 8.11. The summed E-state index contributed by atoms with van der Waals surface area (Å²) in [5.74, 6) is -0.652. The van der Waals surface area contributed by atoms with Gasteiger partial charge in [-0.05, 0) is 13.0 Å². The van der Waals surface area contributed by atoms with E-state index in [2.05, 4.69) is 15.3 Å². The summed E-state index contributed by atoms with van der Waals surface area (Å²) >= 11 is 5.62. The molecule has 0 aliphatic heterocycles. The van der Waals surface area contributed by atoms with Crippen molar-refractivity contribution in [2.75, 3.05) is 11.9 Å². The van der Waals surface area contributed by atoms with Crippen LogP contribution in [0.4, 0.5) is 5.95 Å². The molecule has 0 fully saturated rings. The van der Waals surface area contributed by atoms with Crippen LogP contribution in [0.15, 0.2) is 12.3 Å². The van der Waals surface area contributed by atoms with Crippen LogP contribution >= 0.6 is 11.6 Å². The zero-order chi connectivity index (χ0) is 12.7. The molecule has 0 saturated carbocycles. The number of rotatable bonds is 5. The molecule has 0 radical (unpaired) electrons. The topological polar surface area (TPSA) is 81.2 Å². The molecule has 0 aliphatic rings. The van der Waals surface area contributed by atoms with E-state index >= 15 is 0 Å². The summed E-state index contributed by atoms with van der Waals surface area (Å²) in [4.78, 5) is 30.0.